The molecule has 2 amide bonds. The van der Waals surface area contributed by atoms with Gasteiger partial charge in [-0.25, -0.2) is 0 Å². The number of carbonyl (C=O) groups is 3. The van der Waals surface area contributed by atoms with Gasteiger partial charge in [0.25, 0.3) is 0 Å². The molecule has 1 saturated heterocycles. The molecule has 6 heteroatoms. The number of benzene rings is 1. The van der Waals surface area contributed by atoms with E-state index in [9.17, 15) is 14.4 Å². The molecule has 1 N–H and O–H groups in total. The highest BCUT2D eigenvalue weighted by Crippen LogP contribution is 2.21. The number of Topliss-reactive ketones (excluding diaryl/α,β-unsaturated/α-hetero) is 1. The minimum absolute atomic E-state index is 0.00443. The van der Waals surface area contributed by atoms with Crippen molar-refractivity contribution in [2.75, 3.05) is 11.4 Å². The summed E-state index contributed by atoms with van der Waals surface area (Å²) in [5, 5.41) is 4.68. The van der Waals surface area contributed by atoms with Gasteiger partial charge in [0.05, 0.1) is 4.88 Å². The number of nitrogens with zero attached hydrogens (tertiary/aromatic N) is 1. The summed E-state index contributed by atoms with van der Waals surface area (Å²) in [6.07, 6.45) is 1.93. The first-order chi connectivity index (χ1) is 12.1. The number of carbonyl (C=O) groups excluding carboxylic acids is 3. The van der Waals surface area contributed by atoms with E-state index in [1.807, 2.05) is 35.7 Å². The lowest BCUT2D eigenvalue weighted by molar-refractivity contribution is -0.121. The molecule has 1 aromatic carbocycles. The zero-order valence-electron chi connectivity index (χ0n) is 13.9. The van der Waals surface area contributed by atoms with E-state index in [0.29, 0.717) is 17.8 Å². The Morgan fingerprint density at radius 3 is 2.56 bits per heavy atom. The largest absolute Gasteiger partial charge is 0.352 e. The summed E-state index contributed by atoms with van der Waals surface area (Å²) in [6, 6.07) is 11.3. The lowest BCUT2D eigenvalue weighted by atomic mass is 10.1. The number of hydrogen-bond donors (Lipinski definition) is 1. The van der Waals surface area contributed by atoms with Gasteiger partial charge in [0.2, 0.25) is 11.8 Å². The van der Waals surface area contributed by atoms with E-state index in [0.717, 1.165) is 24.2 Å². The summed E-state index contributed by atoms with van der Waals surface area (Å²) in [6.45, 7) is 1.19. The smallest absolute Gasteiger partial charge is 0.227 e. The highest BCUT2D eigenvalue weighted by molar-refractivity contribution is 7.12. The predicted molar refractivity (Wildman–Crippen MR) is 97.8 cm³/mol. The van der Waals surface area contributed by atoms with Crippen molar-refractivity contribution in [2.24, 2.45) is 0 Å². The molecule has 0 spiro atoms. The van der Waals surface area contributed by atoms with E-state index >= 15 is 0 Å². The number of hydrogen-bond acceptors (Lipinski definition) is 4. The van der Waals surface area contributed by atoms with E-state index < -0.39 is 0 Å². The molecule has 2 heterocycles. The first-order valence-corrected chi connectivity index (χ1v) is 9.24. The summed E-state index contributed by atoms with van der Waals surface area (Å²) in [4.78, 5) is 38.0. The first-order valence-electron chi connectivity index (χ1n) is 8.36. The Morgan fingerprint density at radius 2 is 1.92 bits per heavy atom. The van der Waals surface area contributed by atoms with Gasteiger partial charge in [-0.2, -0.15) is 0 Å². The molecule has 3 rings (SSSR count). The van der Waals surface area contributed by atoms with Crippen molar-refractivity contribution in [3.05, 3.63) is 52.2 Å². The number of anilines is 1. The molecule has 2 aromatic rings. The maximum atomic E-state index is 11.9. The molecule has 130 valence electrons. The summed E-state index contributed by atoms with van der Waals surface area (Å²) >= 11 is 1.40. The second-order valence-corrected chi connectivity index (χ2v) is 6.94. The molecule has 25 heavy (non-hydrogen) atoms. The summed E-state index contributed by atoms with van der Waals surface area (Å²) in [5.74, 6) is 0.0324. The van der Waals surface area contributed by atoms with Gasteiger partial charge in [-0.05, 0) is 35.6 Å². The first kappa shape index (κ1) is 17.4. The minimum Gasteiger partial charge on any atom is -0.352 e. The molecule has 5 nitrogen and oxygen atoms in total. The second kappa shape index (κ2) is 8.07. The van der Waals surface area contributed by atoms with Crippen molar-refractivity contribution in [2.45, 2.75) is 32.2 Å². The quantitative estimate of drug-likeness (QED) is 0.775. The maximum absolute atomic E-state index is 11.9. The van der Waals surface area contributed by atoms with Crippen LogP contribution in [0, 0.1) is 0 Å². The number of amides is 2. The van der Waals surface area contributed by atoms with Crippen LogP contribution in [0.5, 0.6) is 0 Å². The Labute approximate surface area is 150 Å². The highest BCUT2D eigenvalue weighted by Gasteiger charge is 2.21. The monoisotopic (exact) mass is 356 g/mol. The second-order valence-electron chi connectivity index (χ2n) is 5.99. The summed E-state index contributed by atoms with van der Waals surface area (Å²) in [7, 11) is 0. The van der Waals surface area contributed by atoms with Crippen LogP contribution in [0.1, 0.15) is 40.9 Å². The average Bonchev–Trinajstić information content (AvgIpc) is 3.30. The fraction of sp³-hybridized carbons (Fsp3) is 0.316. The molecule has 1 aliphatic heterocycles. The summed E-state index contributed by atoms with van der Waals surface area (Å²) in [5.41, 5.74) is 1.87. The Bertz CT molecular complexity index is 753. The van der Waals surface area contributed by atoms with Crippen LogP contribution < -0.4 is 10.2 Å². The molecule has 0 unspecified atom stereocenters. The Balaban J connectivity index is 1.44. The third-order valence-electron chi connectivity index (χ3n) is 4.19. The standard InChI is InChI=1S/C19H20N2O3S/c22-16(17-3-2-12-25-17)9-10-18(23)20-13-14-5-7-15(8-6-14)21-11-1-4-19(21)24/h2-3,5-8,12H,1,4,9-11,13H2,(H,20,23). The van der Waals surface area contributed by atoms with Crippen LogP contribution in [0.25, 0.3) is 0 Å². The number of ketones is 1. The third-order valence-corrected chi connectivity index (χ3v) is 5.10. The molecule has 0 bridgehead atoms. The van der Waals surface area contributed by atoms with Gasteiger partial charge in [0, 0.05) is 38.0 Å². The third kappa shape index (κ3) is 4.54. The van der Waals surface area contributed by atoms with Crippen LogP contribution in [0.2, 0.25) is 0 Å². The lowest BCUT2D eigenvalue weighted by Crippen LogP contribution is -2.24. The highest BCUT2D eigenvalue weighted by atomic mass is 32.1. The molecule has 0 radical (unpaired) electrons. The zero-order valence-corrected chi connectivity index (χ0v) is 14.7. The van der Waals surface area contributed by atoms with E-state index in [2.05, 4.69) is 5.32 Å². The molecule has 1 fully saturated rings. The lowest BCUT2D eigenvalue weighted by Gasteiger charge is -2.16. The van der Waals surface area contributed by atoms with Crippen LogP contribution >= 0.6 is 11.3 Å². The topological polar surface area (TPSA) is 66.5 Å². The Kier molecular flexibility index (Phi) is 5.60. The van der Waals surface area contributed by atoms with Gasteiger partial charge in [0.1, 0.15) is 0 Å². The number of nitrogens with one attached hydrogen (secondary N) is 1. The molecule has 0 saturated carbocycles. The van der Waals surface area contributed by atoms with E-state index in [-0.39, 0.29) is 30.4 Å². The van der Waals surface area contributed by atoms with Crippen molar-refractivity contribution in [3.63, 3.8) is 0 Å². The van der Waals surface area contributed by atoms with Gasteiger partial charge < -0.3 is 10.2 Å². The SMILES string of the molecule is O=C(CCC(=O)c1cccs1)NCc1ccc(N2CCCC2=O)cc1. The van der Waals surface area contributed by atoms with Crippen LogP contribution in [-0.4, -0.2) is 24.1 Å². The Hall–Kier alpha value is -2.47. The number of rotatable bonds is 7. The van der Waals surface area contributed by atoms with Gasteiger partial charge in [0.15, 0.2) is 5.78 Å². The van der Waals surface area contributed by atoms with Crippen molar-refractivity contribution >= 4 is 34.6 Å². The van der Waals surface area contributed by atoms with Crippen molar-refractivity contribution in [1.29, 1.82) is 0 Å². The predicted octanol–water partition coefficient (Wildman–Crippen LogP) is 3.15. The van der Waals surface area contributed by atoms with Crippen molar-refractivity contribution in [1.82, 2.24) is 5.32 Å². The molecular formula is C19H20N2O3S. The molecule has 1 aliphatic rings. The molecular weight excluding hydrogens is 336 g/mol. The van der Waals surface area contributed by atoms with Crippen LogP contribution in [0.15, 0.2) is 41.8 Å². The number of thiophene rings is 1. The fourth-order valence-electron chi connectivity index (χ4n) is 2.79. The fourth-order valence-corrected chi connectivity index (χ4v) is 3.49. The van der Waals surface area contributed by atoms with Crippen LogP contribution in [-0.2, 0) is 16.1 Å². The molecule has 0 aliphatic carbocycles. The minimum atomic E-state index is -0.135. The molecule has 1 aromatic heterocycles. The van der Waals surface area contributed by atoms with Crippen LogP contribution in [0.4, 0.5) is 5.69 Å². The van der Waals surface area contributed by atoms with Gasteiger partial charge >= 0.3 is 0 Å². The van der Waals surface area contributed by atoms with Crippen molar-refractivity contribution < 1.29 is 14.4 Å². The normalized spacial score (nSPS) is 13.9. The van der Waals surface area contributed by atoms with E-state index in [4.69, 9.17) is 0 Å². The summed E-state index contributed by atoms with van der Waals surface area (Å²) < 4.78 is 0. The van der Waals surface area contributed by atoms with Crippen LogP contribution in [0.3, 0.4) is 0 Å². The van der Waals surface area contributed by atoms with Gasteiger partial charge in [-0.1, -0.05) is 18.2 Å². The van der Waals surface area contributed by atoms with Crippen molar-refractivity contribution in [3.8, 4) is 0 Å². The van der Waals surface area contributed by atoms with E-state index in [1.54, 1.807) is 11.0 Å². The average molecular weight is 356 g/mol. The molecule has 0 atom stereocenters. The Morgan fingerprint density at radius 1 is 1.12 bits per heavy atom. The van der Waals surface area contributed by atoms with E-state index in [1.165, 1.54) is 11.3 Å². The maximum Gasteiger partial charge on any atom is 0.227 e. The zero-order chi connectivity index (χ0) is 17.6. The van der Waals surface area contributed by atoms with Gasteiger partial charge in [-0.15, -0.1) is 11.3 Å². The van der Waals surface area contributed by atoms with Gasteiger partial charge in [-0.3, -0.25) is 14.4 Å².